The third kappa shape index (κ3) is 2.58. The van der Waals surface area contributed by atoms with Crippen molar-refractivity contribution < 1.29 is 8.42 Å². The lowest BCUT2D eigenvalue weighted by atomic mass is 10.1. The van der Waals surface area contributed by atoms with Gasteiger partial charge in [-0.2, -0.15) is 10.1 Å². The van der Waals surface area contributed by atoms with E-state index in [0.29, 0.717) is 16.8 Å². The lowest BCUT2D eigenvalue weighted by Gasteiger charge is -2.13. The van der Waals surface area contributed by atoms with Gasteiger partial charge in [-0.15, -0.1) is 0 Å². The molecule has 8 nitrogen and oxygen atoms in total. The molecule has 0 aliphatic rings. The van der Waals surface area contributed by atoms with Crippen LogP contribution in [0.1, 0.15) is 11.1 Å². The van der Waals surface area contributed by atoms with Gasteiger partial charge in [0.05, 0.1) is 4.90 Å². The number of aryl methyl sites for hydroxylation is 3. The quantitative estimate of drug-likeness (QED) is 0.559. The van der Waals surface area contributed by atoms with Gasteiger partial charge in [0.1, 0.15) is 6.33 Å². The second-order valence-corrected chi connectivity index (χ2v) is 6.02. The average molecular weight is 296 g/mol. The van der Waals surface area contributed by atoms with E-state index in [9.17, 15) is 8.42 Å². The molecule has 0 saturated heterocycles. The molecule has 0 radical (unpaired) electrons. The summed E-state index contributed by atoms with van der Waals surface area (Å²) >= 11 is 0. The van der Waals surface area contributed by atoms with E-state index in [1.54, 1.807) is 33.0 Å². The lowest BCUT2D eigenvalue weighted by molar-refractivity contribution is 0.599. The predicted octanol–water partition coefficient (Wildman–Crippen LogP) is 0.518. The first-order chi connectivity index (χ1) is 9.35. The van der Waals surface area contributed by atoms with E-state index in [4.69, 9.17) is 5.84 Å². The molecule has 1 aromatic carbocycles. The number of hydrazine groups is 1. The standard InChI is InChI=1S/C11H16N6O2S/c1-7-4-9(15-12)5-8(2)10(7)20(18,19)16-11-13-6-14-17(11)3/h4-6,15H,12H2,1-3H3,(H,13,14,16). The van der Waals surface area contributed by atoms with Crippen molar-refractivity contribution in [1.82, 2.24) is 14.8 Å². The number of benzene rings is 1. The number of anilines is 2. The van der Waals surface area contributed by atoms with Gasteiger partial charge in [0, 0.05) is 12.7 Å². The molecule has 0 aliphatic heterocycles. The average Bonchev–Trinajstić information content (AvgIpc) is 2.72. The van der Waals surface area contributed by atoms with Gasteiger partial charge in [0.15, 0.2) is 0 Å². The number of rotatable bonds is 4. The summed E-state index contributed by atoms with van der Waals surface area (Å²) in [6, 6.07) is 3.33. The maximum Gasteiger partial charge on any atom is 0.264 e. The highest BCUT2D eigenvalue weighted by Gasteiger charge is 2.22. The van der Waals surface area contributed by atoms with Crippen molar-refractivity contribution in [3.05, 3.63) is 29.6 Å². The first-order valence-corrected chi connectivity index (χ1v) is 7.28. The fraction of sp³-hybridized carbons (Fsp3) is 0.273. The van der Waals surface area contributed by atoms with Crippen LogP contribution in [0, 0.1) is 13.8 Å². The number of sulfonamides is 1. The summed E-state index contributed by atoms with van der Waals surface area (Å²) in [4.78, 5) is 4.06. The van der Waals surface area contributed by atoms with Crippen LogP contribution in [0.4, 0.5) is 11.6 Å². The van der Waals surface area contributed by atoms with Crippen LogP contribution in [0.2, 0.25) is 0 Å². The molecule has 4 N–H and O–H groups in total. The van der Waals surface area contributed by atoms with Gasteiger partial charge in [-0.1, -0.05) is 0 Å². The highest BCUT2D eigenvalue weighted by Crippen LogP contribution is 2.25. The van der Waals surface area contributed by atoms with E-state index in [2.05, 4.69) is 20.2 Å². The lowest BCUT2D eigenvalue weighted by Crippen LogP contribution is -2.19. The number of hydrogen-bond acceptors (Lipinski definition) is 6. The monoisotopic (exact) mass is 296 g/mol. The number of nitrogens with zero attached hydrogens (tertiary/aromatic N) is 3. The minimum Gasteiger partial charge on any atom is -0.324 e. The molecule has 0 saturated carbocycles. The summed E-state index contributed by atoms with van der Waals surface area (Å²) in [7, 11) is -2.13. The number of hydrogen-bond donors (Lipinski definition) is 3. The Balaban J connectivity index is 2.47. The first kappa shape index (κ1) is 14.3. The highest BCUT2D eigenvalue weighted by molar-refractivity contribution is 7.92. The molecule has 20 heavy (non-hydrogen) atoms. The normalized spacial score (nSPS) is 11.4. The Bertz CT molecular complexity index is 714. The van der Waals surface area contributed by atoms with E-state index in [-0.39, 0.29) is 10.8 Å². The van der Waals surface area contributed by atoms with Crippen molar-refractivity contribution >= 4 is 21.7 Å². The van der Waals surface area contributed by atoms with E-state index < -0.39 is 10.0 Å². The summed E-state index contributed by atoms with van der Waals surface area (Å²) in [6.45, 7) is 3.41. The topological polar surface area (TPSA) is 115 Å². The van der Waals surface area contributed by atoms with Crippen LogP contribution >= 0.6 is 0 Å². The van der Waals surface area contributed by atoms with E-state index in [0.717, 1.165) is 0 Å². The van der Waals surface area contributed by atoms with E-state index >= 15 is 0 Å². The first-order valence-electron chi connectivity index (χ1n) is 5.80. The van der Waals surface area contributed by atoms with Crippen molar-refractivity contribution in [1.29, 1.82) is 0 Å². The van der Waals surface area contributed by atoms with Gasteiger partial charge in [-0.3, -0.25) is 5.84 Å². The number of nitrogens with two attached hydrogens (primary N) is 1. The van der Waals surface area contributed by atoms with Crippen molar-refractivity contribution in [2.24, 2.45) is 12.9 Å². The van der Waals surface area contributed by atoms with Crippen LogP contribution in [0.15, 0.2) is 23.4 Å². The Kier molecular flexibility index (Phi) is 3.64. The Morgan fingerprint density at radius 2 is 1.85 bits per heavy atom. The molecular formula is C11H16N6O2S. The third-order valence-electron chi connectivity index (χ3n) is 2.83. The minimum atomic E-state index is -3.73. The fourth-order valence-corrected chi connectivity index (χ4v) is 3.51. The summed E-state index contributed by atoms with van der Waals surface area (Å²) in [5, 5.41) is 3.82. The molecule has 0 aliphatic carbocycles. The Morgan fingerprint density at radius 3 is 2.30 bits per heavy atom. The highest BCUT2D eigenvalue weighted by atomic mass is 32.2. The van der Waals surface area contributed by atoms with Crippen LogP contribution < -0.4 is 16.0 Å². The maximum absolute atomic E-state index is 12.4. The molecule has 0 fully saturated rings. The third-order valence-corrected chi connectivity index (χ3v) is 4.47. The van der Waals surface area contributed by atoms with Crippen LogP contribution in [-0.2, 0) is 17.1 Å². The molecule has 1 heterocycles. The number of nitrogen functional groups attached to an aromatic ring is 1. The van der Waals surface area contributed by atoms with Crippen molar-refractivity contribution in [3.8, 4) is 0 Å². The molecule has 2 aromatic rings. The van der Waals surface area contributed by atoms with Crippen molar-refractivity contribution in [3.63, 3.8) is 0 Å². The Hall–Kier alpha value is -2.13. The largest absolute Gasteiger partial charge is 0.324 e. The molecule has 0 atom stereocenters. The molecule has 1 aromatic heterocycles. The molecule has 0 unspecified atom stereocenters. The zero-order valence-electron chi connectivity index (χ0n) is 11.4. The van der Waals surface area contributed by atoms with Crippen LogP contribution in [0.25, 0.3) is 0 Å². The Labute approximate surface area is 117 Å². The van der Waals surface area contributed by atoms with E-state index in [1.807, 2.05) is 0 Å². The van der Waals surface area contributed by atoms with Gasteiger partial charge in [-0.25, -0.2) is 17.8 Å². The smallest absolute Gasteiger partial charge is 0.264 e. The zero-order valence-corrected chi connectivity index (χ0v) is 12.2. The molecule has 9 heteroatoms. The minimum absolute atomic E-state index is 0.157. The molecule has 108 valence electrons. The molecule has 0 bridgehead atoms. The van der Waals surface area contributed by atoms with Gasteiger partial charge < -0.3 is 5.43 Å². The fourth-order valence-electron chi connectivity index (χ4n) is 2.02. The number of aromatic nitrogens is 3. The van der Waals surface area contributed by atoms with Gasteiger partial charge >= 0.3 is 0 Å². The van der Waals surface area contributed by atoms with Crippen LogP contribution in [-0.4, -0.2) is 23.2 Å². The van der Waals surface area contributed by atoms with Gasteiger partial charge in [-0.05, 0) is 37.1 Å². The van der Waals surface area contributed by atoms with Crippen LogP contribution in [0.3, 0.4) is 0 Å². The van der Waals surface area contributed by atoms with Crippen molar-refractivity contribution in [2.75, 3.05) is 10.1 Å². The molecular weight excluding hydrogens is 280 g/mol. The summed E-state index contributed by atoms with van der Waals surface area (Å²) in [6.07, 6.45) is 1.28. The summed E-state index contributed by atoms with van der Waals surface area (Å²) in [5.41, 5.74) is 4.33. The van der Waals surface area contributed by atoms with Crippen LogP contribution in [0.5, 0.6) is 0 Å². The molecule has 2 rings (SSSR count). The second kappa shape index (κ2) is 5.10. The number of nitrogens with one attached hydrogen (secondary N) is 2. The molecule has 0 spiro atoms. The molecule has 0 amide bonds. The summed E-state index contributed by atoms with van der Waals surface area (Å²) < 4.78 is 28.7. The Morgan fingerprint density at radius 1 is 1.25 bits per heavy atom. The van der Waals surface area contributed by atoms with Gasteiger partial charge in [0.25, 0.3) is 10.0 Å². The summed E-state index contributed by atoms with van der Waals surface area (Å²) in [5.74, 6) is 5.50. The van der Waals surface area contributed by atoms with Crippen molar-refractivity contribution in [2.45, 2.75) is 18.7 Å². The zero-order chi connectivity index (χ0) is 14.9. The maximum atomic E-state index is 12.4. The van der Waals surface area contributed by atoms with Gasteiger partial charge in [0.2, 0.25) is 5.95 Å². The predicted molar refractivity (Wildman–Crippen MR) is 75.5 cm³/mol. The van der Waals surface area contributed by atoms with E-state index in [1.165, 1.54) is 11.0 Å². The second-order valence-electron chi connectivity index (χ2n) is 4.40. The SMILES string of the molecule is Cc1cc(NN)cc(C)c1S(=O)(=O)Nc1ncnn1C.